The molecule has 7 heteroatoms. The SMILES string of the molecule is O=C(CSc1ccccc1)NC(=Cc1ccc(Oc2ccccc2Br)cc1)C(=O)O. The molecule has 0 bridgehead atoms. The minimum atomic E-state index is -1.21. The first-order valence-electron chi connectivity index (χ1n) is 8.96. The zero-order valence-electron chi connectivity index (χ0n) is 15.7. The molecule has 152 valence electrons. The van der Waals surface area contributed by atoms with Gasteiger partial charge in [0.05, 0.1) is 10.2 Å². The second-order valence-electron chi connectivity index (χ2n) is 6.11. The Morgan fingerprint density at radius 1 is 0.967 bits per heavy atom. The molecule has 0 aliphatic carbocycles. The fourth-order valence-corrected chi connectivity index (χ4v) is 3.54. The van der Waals surface area contributed by atoms with E-state index in [2.05, 4.69) is 21.2 Å². The van der Waals surface area contributed by atoms with Crippen molar-refractivity contribution in [3.05, 3.63) is 94.6 Å². The molecule has 0 saturated heterocycles. The second kappa shape index (κ2) is 10.7. The lowest BCUT2D eigenvalue weighted by Gasteiger charge is -2.08. The number of hydrogen-bond donors (Lipinski definition) is 2. The molecule has 0 unspecified atom stereocenters. The summed E-state index contributed by atoms with van der Waals surface area (Å²) in [5.74, 6) is -0.185. The van der Waals surface area contributed by atoms with Gasteiger partial charge in [0, 0.05) is 4.90 Å². The lowest BCUT2D eigenvalue weighted by molar-refractivity contribution is -0.134. The van der Waals surface area contributed by atoms with E-state index in [-0.39, 0.29) is 17.4 Å². The average Bonchev–Trinajstić information content (AvgIpc) is 2.75. The second-order valence-corrected chi connectivity index (χ2v) is 8.02. The number of thioether (sulfide) groups is 1. The van der Waals surface area contributed by atoms with E-state index in [0.29, 0.717) is 17.1 Å². The third-order valence-corrected chi connectivity index (χ3v) is 5.54. The van der Waals surface area contributed by atoms with E-state index < -0.39 is 5.97 Å². The molecule has 0 saturated carbocycles. The number of nitrogens with one attached hydrogen (secondary N) is 1. The van der Waals surface area contributed by atoms with Crippen LogP contribution in [0.25, 0.3) is 6.08 Å². The van der Waals surface area contributed by atoms with Gasteiger partial charge in [0.25, 0.3) is 0 Å². The molecule has 0 aliphatic rings. The summed E-state index contributed by atoms with van der Waals surface area (Å²) in [4.78, 5) is 24.6. The van der Waals surface area contributed by atoms with Gasteiger partial charge in [-0.15, -0.1) is 11.8 Å². The minimum absolute atomic E-state index is 0.118. The lowest BCUT2D eigenvalue weighted by atomic mass is 10.2. The van der Waals surface area contributed by atoms with Gasteiger partial charge in [-0.25, -0.2) is 4.79 Å². The van der Waals surface area contributed by atoms with Crippen LogP contribution in [0, 0.1) is 0 Å². The van der Waals surface area contributed by atoms with Gasteiger partial charge in [-0.05, 0) is 64.0 Å². The van der Waals surface area contributed by atoms with Gasteiger partial charge in [-0.1, -0.05) is 42.5 Å². The van der Waals surface area contributed by atoms with Crippen molar-refractivity contribution in [1.29, 1.82) is 0 Å². The summed E-state index contributed by atoms with van der Waals surface area (Å²) in [6.07, 6.45) is 1.41. The Morgan fingerprint density at radius 3 is 2.30 bits per heavy atom. The van der Waals surface area contributed by atoms with Crippen LogP contribution in [0.4, 0.5) is 0 Å². The van der Waals surface area contributed by atoms with Crippen LogP contribution in [-0.4, -0.2) is 22.7 Å². The monoisotopic (exact) mass is 483 g/mol. The number of carbonyl (C=O) groups is 2. The number of rotatable bonds is 8. The van der Waals surface area contributed by atoms with Crippen LogP contribution in [-0.2, 0) is 9.59 Å². The number of carboxylic acids is 1. The summed E-state index contributed by atoms with van der Waals surface area (Å²) < 4.78 is 6.63. The van der Waals surface area contributed by atoms with Gasteiger partial charge in [-0.3, -0.25) is 4.79 Å². The van der Waals surface area contributed by atoms with Gasteiger partial charge in [0.2, 0.25) is 5.91 Å². The van der Waals surface area contributed by atoms with Crippen LogP contribution in [0.2, 0.25) is 0 Å². The van der Waals surface area contributed by atoms with Gasteiger partial charge in [-0.2, -0.15) is 0 Å². The third-order valence-electron chi connectivity index (χ3n) is 3.87. The van der Waals surface area contributed by atoms with Crippen molar-refractivity contribution >= 4 is 45.6 Å². The molecule has 3 aromatic rings. The molecule has 0 spiro atoms. The first-order chi connectivity index (χ1) is 14.5. The maximum atomic E-state index is 12.2. The smallest absolute Gasteiger partial charge is 0.352 e. The largest absolute Gasteiger partial charge is 0.477 e. The zero-order valence-corrected chi connectivity index (χ0v) is 18.2. The summed E-state index contributed by atoms with van der Waals surface area (Å²) in [6, 6.07) is 23.8. The lowest BCUT2D eigenvalue weighted by Crippen LogP contribution is -2.28. The highest BCUT2D eigenvalue weighted by Gasteiger charge is 2.12. The Kier molecular flexibility index (Phi) is 7.70. The van der Waals surface area contributed by atoms with Crippen molar-refractivity contribution < 1.29 is 19.4 Å². The summed E-state index contributed by atoms with van der Waals surface area (Å²) in [5, 5.41) is 11.9. The molecule has 3 rings (SSSR count). The Hall–Kier alpha value is -3.03. The van der Waals surface area contributed by atoms with Crippen molar-refractivity contribution in [3.8, 4) is 11.5 Å². The maximum Gasteiger partial charge on any atom is 0.352 e. The van der Waals surface area contributed by atoms with Crippen LogP contribution in [0.1, 0.15) is 5.56 Å². The highest BCUT2D eigenvalue weighted by atomic mass is 79.9. The van der Waals surface area contributed by atoms with E-state index in [4.69, 9.17) is 4.74 Å². The van der Waals surface area contributed by atoms with Gasteiger partial charge in [0.1, 0.15) is 17.2 Å². The van der Waals surface area contributed by atoms with Crippen molar-refractivity contribution in [3.63, 3.8) is 0 Å². The number of benzene rings is 3. The summed E-state index contributed by atoms with van der Waals surface area (Å²) in [6.45, 7) is 0. The zero-order chi connectivity index (χ0) is 21.3. The van der Waals surface area contributed by atoms with E-state index in [1.807, 2.05) is 54.6 Å². The van der Waals surface area contributed by atoms with Crippen molar-refractivity contribution in [2.75, 3.05) is 5.75 Å². The molecule has 1 amide bonds. The molecule has 30 heavy (non-hydrogen) atoms. The number of carboxylic acid groups (broad SMARTS) is 1. The van der Waals surface area contributed by atoms with Crippen molar-refractivity contribution in [2.45, 2.75) is 4.90 Å². The van der Waals surface area contributed by atoms with Crippen LogP contribution < -0.4 is 10.1 Å². The summed E-state index contributed by atoms with van der Waals surface area (Å²) >= 11 is 4.77. The van der Waals surface area contributed by atoms with E-state index in [9.17, 15) is 14.7 Å². The topological polar surface area (TPSA) is 75.6 Å². The fraction of sp³-hybridized carbons (Fsp3) is 0.0435. The molecule has 3 aromatic carbocycles. The van der Waals surface area contributed by atoms with Gasteiger partial charge >= 0.3 is 5.97 Å². The quantitative estimate of drug-likeness (QED) is 0.323. The van der Waals surface area contributed by atoms with E-state index in [0.717, 1.165) is 9.37 Å². The number of para-hydroxylation sites is 1. The Morgan fingerprint density at radius 2 is 1.63 bits per heavy atom. The predicted molar refractivity (Wildman–Crippen MR) is 122 cm³/mol. The van der Waals surface area contributed by atoms with Crippen molar-refractivity contribution in [1.82, 2.24) is 5.32 Å². The minimum Gasteiger partial charge on any atom is -0.477 e. The summed E-state index contributed by atoms with van der Waals surface area (Å²) in [5.41, 5.74) is 0.441. The first kappa shape index (κ1) is 21.7. The van der Waals surface area contributed by atoms with Crippen LogP contribution in [0.3, 0.4) is 0 Å². The number of aliphatic carboxylic acids is 1. The Labute approximate surface area is 186 Å². The molecular weight excluding hydrogens is 466 g/mol. The number of halogens is 1. The summed E-state index contributed by atoms with van der Waals surface area (Å²) in [7, 11) is 0. The highest BCUT2D eigenvalue weighted by Crippen LogP contribution is 2.29. The molecule has 0 aromatic heterocycles. The van der Waals surface area contributed by atoms with E-state index in [1.165, 1.54) is 17.8 Å². The normalized spacial score (nSPS) is 11.0. The average molecular weight is 484 g/mol. The van der Waals surface area contributed by atoms with E-state index in [1.54, 1.807) is 24.3 Å². The van der Waals surface area contributed by atoms with Crippen molar-refractivity contribution in [2.24, 2.45) is 0 Å². The highest BCUT2D eigenvalue weighted by molar-refractivity contribution is 9.10. The maximum absolute atomic E-state index is 12.2. The molecule has 0 aliphatic heterocycles. The number of amides is 1. The number of hydrogen-bond acceptors (Lipinski definition) is 4. The van der Waals surface area contributed by atoms with Gasteiger partial charge < -0.3 is 15.2 Å². The molecule has 0 radical (unpaired) electrons. The molecule has 5 nitrogen and oxygen atoms in total. The Bertz CT molecular complexity index is 1050. The van der Waals surface area contributed by atoms with Crippen LogP contribution in [0.15, 0.2) is 93.9 Å². The fourth-order valence-electron chi connectivity index (χ4n) is 2.46. The first-order valence-corrected chi connectivity index (χ1v) is 10.7. The molecule has 2 N–H and O–H groups in total. The van der Waals surface area contributed by atoms with Crippen LogP contribution >= 0.6 is 27.7 Å². The molecule has 0 atom stereocenters. The standard InChI is InChI=1S/C23H18BrNO4S/c24-19-8-4-5-9-21(19)29-17-12-10-16(11-13-17)14-20(23(27)28)25-22(26)15-30-18-6-2-1-3-7-18/h1-14H,15H2,(H,25,26)(H,27,28). The number of carbonyl (C=O) groups excluding carboxylic acids is 1. The van der Waals surface area contributed by atoms with E-state index >= 15 is 0 Å². The van der Waals surface area contributed by atoms with Crippen LogP contribution in [0.5, 0.6) is 11.5 Å². The molecular formula is C23H18BrNO4S. The Balaban J connectivity index is 1.63. The van der Waals surface area contributed by atoms with Gasteiger partial charge in [0.15, 0.2) is 0 Å². The molecule has 0 fully saturated rings. The number of ether oxygens (including phenoxy) is 1. The third kappa shape index (κ3) is 6.50. The molecule has 0 heterocycles. The predicted octanol–water partition coefficient (Wildman–Crippen LogP) is 5.58.